The van der Waals surface area contributed by atoms with E-state index in [2.05, 4.69) is 24.4 Å². The van der Waals surface area contributed by atoms with Crippen molar-refractivity contribution >= 4 is 35.0 Å². The Morgan fingerprint density at radius 3 is 2.68 bits per heavy atom. The monoisotopic (exact) mass is 421 g/mol. The number of anilines is 1. The molecule has 0 fully saturated rings. The fourth-order valence-corrected chi connectivity index (χ4v) is 4.30. The number of carbonyl (C=O) groups is 1. The van der Waals surface area contributed by atoms with Crippen LogP contribution < -0.4 is 15.9 Å². The lowest BCUT2D eigenvalue weighted by Gasteiger charge is -2.23. The second-order valence-electron chi connectivity index (χ2n) is 7.28. The minimum Gasteiger partial charge on any atom is -0.338 e. The van der Waals surface area contributed by atoms with Gasteiger partial charge in [-0.2, -0.15) is 4.98 Å². The van der Waals surface area contributed by atoms with Gasteiger partial charge in [0, 0.05) is 22.0 Å². The van der Waals surface area contributed by atoms with Crippen LogP contribution in [0.2, 0.25) is 5.02 Å². The number of thioether (sulfide) groups is 1. The molecule has 6 nitrogen and oxygen atoms in total. The van der Waals surface area contributed by atoms with E-state index < -0.39 is 0 Å². The highest BCUT2D eigenvalue weighted by Gasteiger charge is 2.21. The van der Waals surface area contributed by atoms with Crippen molar-refractivity contribution in [3.8, 4) is 0 Å². The molecule has 0 saturated heterocycles. The molecule has 1 heterocycles. The number of halogens is 1. The number of carbonyl (C=O) groups excluding carboxylic acids is 1. The molecule has 1 amide bonds. The quantitative estimate of drug-likeness (QED) is 0.527. The summed E-state index contributed by atoms with van der Waals surface area (Å²) < 4.78 is 1.83. The molecule has 3 rings (SSSR count). The maximum atomic E-state index is 12.6. The van der Waals surface area contributed by atoms with Crippen LogP contribution in [-0.4, -0.2) is 41.9 Å². The predicted octanol–water partition coefficient (Wildman–Crippen LogP) is 1.65. The molecule has 0 radical (unpaired) electrons. The summed E-state index contributed by atoms with van der Waals surface area (Å²) in [6, 6.07) is 6.99. The molecular formula is C20H26ClN4O2S+. The molecule has 1 aliphatic rings. The number of likely N-dealkylation sites (N-methyl/N-ethyl adjacent to an activating group) is 1. The Morgan fingerprint density at radius 1 is 1.25 bits per heavy atom. The van der Waals surface area contributed by atoms with E-state index in [9.17, 15) is 9.59 Å². The van der Waals surface area contributed by atoms with E-state index in [1.807, 2.05) is 4.57 Å². The number of hydrogen-bond donors (Lipinski definition) is 2. The molecule has 2 N–H and O–H groups in total. The van der Waals surface area contributed by atoms with Crippen molar-refractivity contribution in [2.75, 3.05) is 31.7 Å². The fraction of sp³-hybridized carbons (Fsp3) is 0.450. The van der Waals surface area contributed by atoms with Crippen LogP contribution in [0.5, 0.6) is 0 Å². The number of aromatic nitrogens is 2. The molecule has 0 saturated carbocycles. The van der Waals surface area contributed by atoms with Crippen LogP contribution in [-0.2, 0) is 24.2 Å². The number of rotatable bonds is 7. The SMILES string of the molecule is C[NH+](C)CCn1c2c(c(SCC(=O)Nc3ccc(Cl)cc3)nc1=O)CCCC2. The predicted molar refractivity (Wildman–Crippen MR) is 114 cm³/mol. The van der Waals surface area contributed by atoms with Gasteiger partial charge in [-0.25, -0.2) is 4.79 Å². The van der Waals surface area contributed by atoms with Gasteiger partial charge in [0.05, 0.1) is 32.9 Å². The van der Waals surface area contributed by atoms with Gasteiger partial charge in [-0.3, -0.25) is 9.36 Å². The van der Waals surface area contributed by atoms with E-state index in [1.54, 1.807) is 24.3 Å². The van der Waals surface area contributed by atoms with Gasteiger partial charge >= 0.3 is 5.69 Å². The molecule has 1 aliphatic carbocycles. The Hall–Kier alpha value is -1.83. The van der Waals surface area contributed by atoms with Crippen molar-refractivity contribution in [1.82, 2.24) is 9.55 Å². The summed E-state index contributed by atoms with van der Waals surface area (Å²) in [6.07, 6.45) is 4.00. The minimum absolute atomic E-state index is 0.126. The first-order valence-electron chi connectivity index (χ1n) is 9.54. The summed E-state index contributed by atoms with van der Waals surface area (Å²) in [5, 5.41) is 4.18. The van der Waals surface area contributed by atoms with Crippen molar-refractivity contribution in [2.24, 2.45) is 0 Å². The zero-order chi connectivity index (χ0) is 20.1. The van der Waals surface area contributed by atoms with E-state index in [1.165, 1.54) is 16.7 Å². The summed E-state index contributed by atoms with van der Waals surface area (Å²) in [6.45, 7) is 1.56. The molecule has 0 atom stereocenters. The first-order valence-corrected chi connectivity index (χ1v) is 10.9. The summed E-state index contributed by atoms with van der Waals surface area (Å²) in [5.74, 6) is 0.0898. The number of fused-ring (bicyclic) bond motifs is 1. The molecule has 0 aliphatic heterocycles. The second-order valence-corrected chi connectivity index (χ2v) is 8.68. The highest BCUT2D eigenvalue weighted by molar-refractivity contribution is 8.00. The third-order valence-electron chi connectivity index (χ3n) is 4.75. The topological polar surface area (TPSA) is 68.4 Å². The van der Waals surface area contributed by atoms with Gasteiger partial charge in [-0.15, -0.1) is 0 Å². The van der Waals surface area contributed by atoms with Crippen LogP contribution in [0.25, 0.3) is 0 Å². The first kappa shape index (κ1) is 20.9. The number of hydrogen-bond acceptors (Lipinski definition) is 4. The lowest BCUT2D eigenvalue weighted by Crippen LogP contribution is -3.06. The number of benzene rings is 1. The van der Waals surface area contributed by atoms with Gasteiger partial charge in [-0.1, -0.05) is 23.4 Å². The molecule has 0 bridgehead atoms. The molecule has 0 spiro atoms. The molecule has 2 aromatic rings. The normalized spacial score (nSPS) is 13.4. The Bertz CT molecular complexity index is 896. The minimum atomic E-state index is -0.206. The Kier molecular flexibility index (Phi) is 7.15. The van der Waals surface area contributed by atoms with Gasteiger partial charge in [-0.05, 0) is 49.9 Å². The highest BCUT2D eigenvalue weighted by atomic mass is 35.5. The van der Waals surface area contributed by atoms with Gasteiger partial charge < -0.3 is 10.2 Å². The third-order valence-corrected chi connectivity index (χ3v) is 6.02. The van der Waals surface area contributed by atoms with E-state index in [0.29, 0.717) is 22.3 Å². The van der Waals surface area contributed by atoms with E-state index in [0.717, 1.165) is 43.5 Å². The van der Waals surface area contributed by atoms with E-state index in [-0.39, 0.29) is 17.3 Å². The summed E-state index contributed by atoms with van der Waals surface area (Å²) in [7, 11) is 4.16. The van der Waals surface area contributed by atoms with Gasteiger partial charge in [0.25, 0.3) is 0 Å². The summed E-state index contributed by atoms with van der Waals surface area (Å²) in [5.41, 5.74) is 2.74. The summed E-state index contributed by atoms with van der Waals surface area (Å²) in [4.78, 5) is 30.5. The number of quaternary nitrogens is 1. The molecular weight excluding hydrogens is 396 g/mol. The number of nitrogens with zero attached hydrogens (tertiary/aromatic N) is 2. The van der Waals surface area contributed by atoms with Crippen molar-refractivity contribution in [1.29, 1.82) is 0 Å². The van der Waals surface area contributed by atoms with Crippen LogP contribution >= 0.6 is 23.4 Å². The fourth-order valence-electron chi connectivity index (χ4n) is 3.30. The Balaban J connectivity index is 1.73. The van der Waals surface area contributed by atoms with Crippen LogP contribution in [0.4, 0.5) is 5.69 Å². The van der Waals surface area contributed by atoms with Crippen molar-refractivity contribution < 1.29 is 9.69 Å². The van der Waals surface area contributed by atoms with E-state index >= 15 is 0 Å². The van der Waals surface area contributed by atoms with Crippen LogP contribution in [0.15, 0.2) is 34.1 Å². The smallest absolute Gasteiger partial charge is 0.338 e. The van der Waals surface area contributed by atoms with Gasteiger partial charge in [0.15, 0.2) is 0 Å². The zero-order valence-electron chi connectivity index (χ0n) is 16.3. The highest BCUT2D eigenvalue weighted by Crippen LogP contribution is 2.28. The lowest BCUT2D eigenvalue weighted by atomic mass is 9.97. The van der Waals surface area contributed by atoms with Crippen LogP contribution in [0.3, 0.4) is 0 Å². The van der Waals surface area contributed by atoms with Crippen molar-refractivity contribution in [3.63, 3.8) is 0 Å². The molecule has 0 unspecified atom stereocenters. The molecule has 1 aromatic heterocycles. The zero-order valence-corrected chi connectivity index (χ0v) is 17.8. The lowest BCUT2D eigenvalue weighted by molar-refractivity contribution is -0.859. The average molecular weight is 422 g/mol. The average Bonchev–Trinajstić information content (AvgIpc) is 2.67. The van der Waals surface area contributed by atoms with Crippen LogP contribution in [0.1, 0.15) is 24.1 Å². The second kappa shape index (κ2) is 9.58. The maximum absolute atomic E-state index is 12.6. The molecule has 8 heteroatoms. The Morgan fingerprint density at radius 2 is 1.96 bits per heavy atom. The van der Waals surface area contributed by atoms with Gasteiger partial charge in [0.2, 0.25) is 5.91 Å². The van der Waals surface area contributed by atoms with E-state index in [4.69, 9.17) is 11.6 Å². The maximum Gasteiger partial charge on any atom is 0.349 e. The third kappa shape index (κ3) is 5.37. The van der Waals surface area contributed by atoms with Gasteiger partial charge in [0.1, 0.15) is 5.03 Å². The molecule has 28 heavy (non-hydrogen) atoms. The van der Waals surface area contributed by atoms with Crippen LogP contribution in [0, 0.1) is 0 Å². The first-order chi connectivity index (χ1) is 13.4. The number of amides is 1. The summed E-state index contributed by atoms with van der Waals surface area (Å²) >= 11 is 7.21. The van der Waals surface area contributed by atoms with Crippen molar-refractivity contribution in [2.45, 2.75) is 37.3 Å². The largest absolute Gasteiger partial charge is 0.349 e. The number of nitrogens with one attached hydrogen (secondary N) is 2. The molecule has 150 valence electrons. The molecule has 1 aromatic carbocycles. The standard InChI is InChI=1S/C20H25ClN4O2S/c1-24(2)11-12-25-17-6-4-3-5-16(17)19(23-20(25)27)28-13-18(26)22-15-9-7-14(21)8-10-15/h7-10H,3-6,11-13H2,1-2H3,(H,22,26)/p+1. The van der Waals surface area contributed by atoms with Crippen molar-refractivity contribution in [3.05, 3.63) is 51.0 Å². The Labute approximate surface area is 174 Å².